The van der Waals surface area contributed by atoms with Crippen LogP contribution in [0.3, 0.4) is 0 Å². The zero-order valence-electron chi connectivity index (χ0n) is 14.1. The molecule has 1 N–H and O–H groups in total. The molecule has 2 saturated heterocycles. The summed E-state index contributed by atoms with van der Waals surface area (Å²) in [6.07, 6.45) is 0.957. The maximum Gasteiger partial charge on any atom is 0.248 e. The average molecular weight is 336 g/mol. The summed E-state index contributed by atoms with van der Waals surface area (Å²) in [5.74, 6) is 0.0879. The van der Waals surface area contributed by atoms with Crippen LogP contribution in [0.5, 0.6) is 0 Å². The molecule has 1 aromatic rings. The number of fused-ring (bicyclic) bond motifs is 1. The molecule has 0 unspecified atom stereocenters. The molecule has 132 valence electrons. The first-order valence-corrected chi connectivity index (χ1v) is 8.41. The highest BCUT2D eigenvalue weighted by Crippen LogP contribution is 2.42. The number of aliphatic hydroxyl groups is 1. The van der Waals surface area contributed by atoms with Gasteiger partial charge in [0.2, 0.25) is 5.91 Å². The van der Waals surface area contributed by atoms with E-state index in [0.29, 0.717) is 19.0 Å². The van der Waals surface area contributed by atoms with Gasteiger partial charge >= 0.3 is 0 Å². The van der Waals surface area contributed by atoms with Gasteiger partial charge in [0.15, 0.2) is 0 Å². The number of likely N-dealkylation sites (tertiary alicyclic amines) is 2. The lowest BCUT2D eigenvalue weighted by atomic mass is 9.74. The van der Waals surface area contributed by atoms with Gasteiger partial charge in [-0.2, -0.15) is 0 Å². The van der Waals surface area contributed by atoms with E-state index in [9.17, 15) is 14.3 Å². The van der Waals surface area contributed by atoms with Crippen LogP contribution in [-0.2, 0) is 16.1 Å². The van der Waals surface area contributed by atoms with Crippen molar-refractivity contribution in [3.8, 4) is 0 Å². The molecule has 2 fully saturated rings. The maximum atomic E-state index is 13.0. The van der Waals surface area contributed by atoms with E-state index in [4.69, 9.17) is 4.74 Å². The largest absolute Gasteiger partial charge is 0.396 e. The Bertz CT molecular complexity index is 580. The van der Waals surface area contributed by atoms with Gasteiger partial charge in [-0.05, 0) is 36.6 Å². The molecule has 6 heteroatoms. The van der Waals surface area contributed by atoms with Crippen LogP contribution in [0.25, 0.3) is 0 Å². The van der Waals surface area contributed by atoms with Crippen molar-refractivity contribution in [2.45, 2.75) is 13.0 Å². The molecule has 1 aromatic carbocycles. The fraction of sp³-hybridized carbons (Fsp3) is 0.611. The van der Waals surface area contributed by atoms with Gasteiger partial charge in [-0.15, -0.1) is 0 Å². The number of carbonyl (C=O) groups excluding carboxylic acids is 1. The van der Waals surface area contributed by atoms with E-state index in [-0.39, 0.29) is 30.4 Å². The molecule has 2 atom stereocenters. The molecule has 0 bridgehead atoms. The standard InChI is InChI=1S/C18H25FN2O3/c1-24-10-17(23)21-9-15-6-7-20(11-18(15,12-21)13-22)8-14-2-4-16(19)5-3-14/h2-5,15,22H,6-13H2,1H3/t15-,18+/m0/s1. The van der Waals surface area contributed by atoms with E-state index in [2.05, 4.69) is 4.90 Å². The third kappa shape index (κ3) is 3.45. The number of hydrogen-bond acceptors (Lipinski definition) is 4. The van der Waals surface area contributed by atoms with Gasteiger partial charge in [-0.3, -0.25) is 9.69 Å². The van der Waals surface area contributed by atoms with Crippen LogP contribution in [0.1, 0.15) is 12.0 Å². The number of piperidine rings is 1. The summed E-state index contributed by atoms with van der Waals surface area (Å²) >= 11 is 0. The number of benzene rings is 1. The number of aliphatic hydroxyl groups excluding tert-OH is 1. The molecule has 5 nitrogen and oxygen atoms in total. The Labute approximate surface area is 142 Å². The highest BCUT2D eigenvalue weighted by Gasteiger charge is 2.50. The zero-order chi connectivity index (χ0) is 17.2. The topological polar surface area (TPSA) is 53.0 Å². The van der Waals surface area contributed by atoms with Crippen molar-refractivity contribution >= 4 is 5.91 Å². The number of carbonyl (C=O) groups is 1. The minimum Gasteiger partial charge on any atom is -0.396 e. The van der Waals surface area contributed by atoms with E-state index >= 15 is 0 Å². The van der Waals surface area contributed by atoms with Gasteiger partial charge in [0.05, 0.1) is 6.61 Å². The number of amides is 1. The lowest BCUT2D eigenvalue weighted by molar-refractivity contribution is -0.134. The summed E-state index contributed by atoms with van der Waals surface area (Å²) in [5.41, 5.74) is 0.801. The van der Waals surface area contributed by atoms with Crippen LogP contribution in [0.15, 0.2) is 24.3 Å². The van der Waals surface area contributed by atoms with E-state index in [1.165, 1.54) is 19.2 Å². The SMILES string of the molecule is COCC(=O)N1C[C@@H]2CCN(Cc3ccc(F)cc3)C[C@]2(CO)C1. The van der Waals surface area contributed by atoms with Crippen molar-refractivity contribution in [2.24, 2.45) is 11.3 Å². The van der Waals surface area contributed by atoms with Gasteiger partial charge in [0.25, 0.3) is 0 Å². The van der Waals surface area contributed by atoms with Crippen molar-refractivity contribution in [2.75, 3.05) is 46.5 Å². The molecule has 2 aliphatic heterocycles. The van der Waals surface area contributed by atoms with Crippen LogP contribution < -0.4 is 0 Å². The fourth-order valence-corrected chi connectivity index (χ4v) is 4.09. The Morgan fingerprint density at radius 1 is 1.38 bits per heavy atom. The van der Waals surface area contributed by atoms with Gasteiger partial charge in [0, 0.05) is 38.7 Å². The van der Waals surface area contributed by atoms with Crippen molar-refractivity contribution < 1.29 is 19.0 Å². The van der Waals surface area contributed by atoms with Crippen molar-refractivity contribution in [3.05, 3.63) is 35.6 Å². The smallest absolute Gasteiger partial charge is 0.248 e. The quantitative estimate of drug-likeness (QED) is 0.875. The summed E-state index contributed by atoms with van der Waals surface area (Å²) in [5, 5.41) is 10.1. The summed E-state index contributed by atoms with van der Waals surface area (Å²) in [6.45, 7) is 3.87. The van der Waals surface area contributed by atoms with E-state index < -0.39 is 0 Å². The molecule has 2 heterocycles. The van der Waals surface area contributed by atoms with E-state index in [0.717, 1.165) is 31.6 Å². The number of ether oxygens (including phenoxy) is 1. The normalized spacial score (nSPS) is 27.3. The van der Waals surface area contributed by atoms with E-state index in [1.54, 1.807) is 12.1 Å². The molecule has 2 aliphatic rings. The first kappa shape index (κ1) is 17.3. The highest BCUT2D eigenvalue weighted by atomic mass is 19.1. The third-order valence-electron chi connectivity index (χ3n) is 5.40. The number of methoxy groups -OCH3 is 1. The minimum atomic E-state index is -0.262. The molecule has 1 amide bonds. The average Bonchev–Trinajstić information content (AvgIpc) is 2.97. The summed E-state index contributed by atoms with van der Waals surface area (Å²) in [7, 11) is 1.52. The molecule has 0 radical (unpaired) electrons. The molecule has 0 saturated carbocycles. The van der Waals surface area contributed by atoms with Gasteiger partial charge in [0.1, 0.15) is 12.4 Å². The van der Waals surface area contributed by atoms with Crippen molar-refractivity contribution in [1.29, 1.82) is 0 Å². The Hall–Kier alpha value is -1.50. The summed E-state index contributed by atoms with van der Waals surface area (Å²) in [4.78, 5) is 16.2. The van der Waals surface area contributed by atoms with Crippen LogP contribution in [-0.4, -0.2) is 67.3 Å². The Morgan fingerprint density at radius 2 is 2.12 bits per heavy atom. The fourth-order valence-electron chi connectivity index (χ4n) is 4.09. The van der Waals surface area contributed by atoms with Crippen LogP contribution in [0.2, 0.25) is 0 Å². The van der Waals surface area contributed by atoms with Crippen molar-refractivity contribution in [3.63, 3.8) is 0 Å². The maximum absolute atomic E-state index is 13.0. The predicted molar refractivity (Wildman–Crippen MR) is 87.8 cm³/mol. The van der Waals surface area contributed by atoms with Crippen LogP contribution in [0, 0.1) is 17.2 Å². The molecule has 3 rings (SSSR count). The number of halogens is 1. The molecule has 0 aromatic heterocycles. The summed E-state index contributed by atoms with van der Waals surface area (Å²) in [6, 6.07) is 6.56. The van der Waals surface area contributed by atoms with Crippen LogP contribution in [0.4, 0.5) is 4.39 Å². The Balaban J connectivity index is 1.67. The zero-order valence-corrected chi connectivity index (χ0v) is 14.1. The molecule has 0 aliphatic carbocycles. The first-order chi connectivity index (χ1) is 11.6. The number of rotatable bonds is 5. The minimum absolute atomic E-state index is 0.00944. The second kappa shape index (κ2) is 7.17. The second-order valence-corrected chi connectivity index (χ2v) is 7.05. The third-order valence-corrected chi connectivity index (χ3v) is 5.40. The predicted octanol–water partition coefficient (Wildman–Crippen LogP) is 1.11. The monoisotopic (exact) mass is 336 g/mol. The number of nitrogens with zero attached hydrogens (tertiary/aromatic N) is 2. The van der Waals surface area contributed by atoms with Gasteiger partial charge in [-0.1, -0.05) is 12.1 Å². The van der Waals surface area contributed by atoms with Crippen LogP contribution >= 0.6 is 0 Å². The highest BCUT2D eigenvalue weighted by molar-refractivity contribution is 5.77. The van der Waals surface area contributed by atoms with Gasteiger partial charge in [-0.25, -0.2) is 4.39 Å². The summed E-state index contributed by atoms with van der Waals surface area (Å²) < 4.78 is 18.0. The van der Waals surface area contributed by atoms with E-state index in [1.807, 2.05) is 4.90 Å². The molecule has 0 spiro atoms. The van der Waals surface area contributed by atoms with Gasteiger partial charge < -0.3 is 14.7 Å². The molecular formula is C18H25FN2O3. The first-order valence-electron chi connectivity index (χ1n) is 8.41. The Kier molecular flexibility index (Phi) is 5.18. The lowest BCUT2D eigenvalue weighted by Crippen LogP contribution is -2.50. The molecular weight excluding hydrogens is 311 g/mol. The second-order valence-electron chi connectivity index (χ2n) is 7.05. The Morgan fingerprint density at radius 3 is 2.79 bits per heavy atom. The van der Waals surface area contributed by atoms with Crippen molar-refractivity contribution in [1.82, 2.24) is 9.80 Å². The lowest BCUT2D eigenvalue weighted by Gasteiger charge is -2.43. The molecule has 24 heavy (non-hydrogen) atoms. The number of hydrogen-bond donors (Lipinski definition) is 1.